The lowest BCUT2D eigenvalue weighted by atomic mass is 10.2. The topological polar surface area (TPSA) is 84.9 Å². The van der Waals surface area contributed by atoms with Crippen molar-refractivity contribution in [1.82, 2.24) is 0 Å². The molecule has 31 heavy (non-hydrogen) atoms. The molecule has 10 heteroatoms. The molecule has 0 aromatic heterocycles. The van der Waals surface area contributed by atoms with Crippen molar-refractivity contribution in [3.05, 3.63) is 77.1 Å². The molecule has 0 fully saturated rings. The maximum Gasteiger partial charge on any atom is 0.264 e. The van der Waals surface area contributed by atoms with Crippen molar-refractivity contribution in [3.8, 4) is 11.5 Å². The van der Waals surface area contributed by atoms with Crippen LogP contribution in [0.25, 0.3) is 0 Å². The Labute approximate surface area is 183 Å². The van der Waals surface area contributed by atoms with Crippen molar-refractivity contribution in [2.45, 2.75) is 4.90 Å². The lowest BCUT2D eigenvalue weighted by molar-refractivity contribution is 0.102. The molecule has 3 aromatic rings. The minimum atomic E-state index is -4.02. The van der Waals surface area contributed by atoms with E-state index in [-0.39, 0.29) is 28.0 Å². The van der Waals surface area contributed by atoms with E-state index in [4.69, 9.17) is 21.1 Å². The first kappa shape index (κ1) is 21.0. The minimum absolute atomic E-state index is 0.0204. The van der Waals surface area contributed by atoms with Crippen LogP contribution in [0.1, 0.15) is 10.4 Å². The van der Waals surface area contributed by atoms with E-state index in [1.807, 2.05) is 0 Å². The van der Waals surface area contributed by atoms with Gasteiger partial charge in [0.2, 0.25) is 6.79 Å². The van der Waals surface area contributed by atoms with E-state index >= 15 is 0 Å². The Morgan fingerprint density at radius 2 is 1.74 bits per heavy atom. The molecular weight excluding hydrogens is 447 g/mol. The molecule has 0 saturated carbocycles. The maximum absolute atomic E-state index is 13.2. The van der Waals surface area contributed by atoms with Crippen molar-refractivity contribution in [3.63, 3.8) is 0 Å². The third-order valence-electron chi connectivity index (χ3n) is 4.66. The van der Waals surface area contributed by atoms with E-state index in [0.29, 0.717) is 17.2 Å². The van der Waals surface area contributed by atoms with E-state index in [2.05, 4.69) is 5.32 Å². The van der Waals surface area contributed by atoms with Crippen LogP contribution < -0.4 is 19.1 Å². The quantitative estimate of drug-likeness (QED) is 0.611. The number of fused-ring (bicyclic) bond motifs is 1. The normalized spacial score (nSPS) is 12.5. The molecule has 0 aliphatic carbocycles. The van der Waals surface area contributed by atoms with Crippen LogP contribution in [0, 0.1) is 5.82 Å². The zero-order chi connectivity index (χ0) is 22.2. The van der Waals surface area contributed by atoms with Crippen LogP contribution in [0.5, 0.6) is 11.5 Å². The average Bonchev–Trinajstić information content (AvgIpc) is 3.21. The SMILES string of the molecule is CN(c1ccc(F)cc1)S(=O)(=O)c1ccc(Cl)c(C(=O)Nc2ccc3c(c2)OCO3)c1. The van der Waals surface area contributed by atoms with Crippen LogP contribution in [0.3, 0.4) is 0 Å². The second-order valence-electron chi connectivity index (χ2n) is 6.61. The van der Waals surface area contributed by atoms with Gasteiger partial charge in [0.05, 0.1) is 21.2 Å². The van der Waals surface area contributed by atoms with Crippen molar-refractivity contribution in [1.29, 1.82) is 0 Å². The molecule has 1 aliphatic rings. The first-order chi connectivity index (χ1) is 14.8. The summed E-state index contributed by atoms with van der Waals surface area (Å²) in [5, 5.41) is 2.75. The van der Waals surface area contributed by atoms with Gasteiger partial charge in [-0.3, -0.25) is 9.10 Å². The molecule has 1 amide bonds. The van der Waals surface area contributed by atoms with Crippen molar-refractivity contribution < 1.29 is 27.1 Å². The largest absolute Gasteiger partial charge is 0.454 e. The summed E-state index contributed by atoms with van der Waals surface area (Å²) < 4.78 is 50.7. The summed E-state index contributed by atoms with van der Waals surface area (Å²) in [6, 6.07) is 13.7. The second kappa shape index (κ2) is 8.09. The number of nitrogens with zero attached hydrogens (tertiary/aromatic N) is 1. The lowest BCUT2D eigenvalue weighted by Gasteiger charge is -2.20. The predicted molar refractivity (Wildman–Crippen MR) is 114 cm³/mol. The fourth-order valence-corrected chi connectivity index (χ4v) is 4.39. The van der Waals surface area contributed by atoms with Gasteiger partial charge in [0.25, 0.3) is 15.9 Å². The number of rotatable bonds is 5. The lowest BCUT2D eigenvalue weighted by Crippen LogP contribution is -2.27. The summed E-state index contributed by atoms with van der Waals surface area (Å²) in [7, 11) is -2.69. The van der Waals surface area contributed by atoms with Gasteiger partial charge in [-0.05, 0) is 54.6 Å². The Hall–Kier alpha value is -3.30. The average molecular weight is 463 g/mol. The van der Waals surface area contributed by atoms with E-state index < -0.39 is 21.7 Å². The van der Waals surface area contributed by atoms with E-state index in [0.717, 1.165) is 16.4 Å². The fourth-order valence-electron chi connectivity index (χ4n) is 2.96. The summed E-state index contributed by atoms with van der Waals surface area (Å²) >= 11 is 6.16. The fraction of sp³-hybridized carbons (Fsp3) is 0.0952. The van der Waals surface area contributed by atoms with Crippen molar-refractivity contribution >= 4 is 38.9 Å². The number of anilines is 2. The van der Waals surface area contributed by atoms with E-state index in [1.54, 1.807) is 18.2 Å². The number of sulfonamides is 1. The van der Waals surface area contributed by atoms with Gasteiger partial charge < -0.3 is 14.8 Å². The van der Waals surface area contributed by atoms with Gasteiger partial charge in [-0.25, -0.2) is 12.8 Å². The predicted octanol–water partition coefficient (Wildman–Crippen LogP) is 4.29. The molecule has 0 saturated heterocycles. The summed E-state index contributed by atoms with van der Waals surface area (Å²) in [5.41, 5.74) is 0.678. The van der Waals surface area contributed by atoms with Crippen LogP contribution >= 0.6 is 11.6 Å². The Morgan fingerprint density at radius 3 is 2.48 bits per heavy atom. The highest BCUT2D eigenvalue weighted by molar-refractivity contribution is 7.92. The standard InChI is InChI=1S/C21H16ClFN2O5S/c1-25(15-5-2-13(23)3-6-15)31(27,28)16-7-8-18(22)17(11-16)21(26)24-14-4-9-19-20(10-14)30-12-29-19/h2-11H,12H2,1H3,(H,24,26). The van der Waals surface area contributed by atoms with E-state index in [9.17, 15) is 17.6 Å². The maximum atomic E-state index is 13.2. The Morgan fingerprint density at radius 1 is 1.03 bits per heavy atom. The molecule has 7 nitrogen and oxygen atoms in total. The van der Waals surface area contributed by atoms with Crippen molar-refractivity contribution in [2.75, 3.05) is 23.5 Å². The molecule has 0 unspecified atom stereocenters. The first-order valence-electron chi connectivity index (χ1n) is 9.01. The molecular formula is C21H16ClFN2O5S. The highest BCUT2D eigenvalue weighted by Gasteiger charge is 2.24. The monoisotopic (exact) mass is 462 g/mol. The summed E-state index contributed by atoms with van der Waals surface area (Å²) in [6.07, 6.45) is 0. The first-order valence-corrected chi connectivity index (χ1v) is 10.8. The van der Waals surface area contributed by atoms with Gasteiger partial charge in [-0.15, -0.1) is 0 Å². The number of amides is 1. The Balaban J connectivity index is 1.61. The van der Waals surface area contributed by atoms with Gasteiger partial charge >= 0.3 is 0 Å². The minimum Gasteiger partial charge on any atom is -0.454 e. The number of nitrogens with one attached hydrogen (secondary N) is 1. The zero-order valence-corrected chi connectivity index (χ0v) is 17.7. The molecule has 0 bridgehead atoms. The summed E-state index contributed by atoms with van der Waals surface area (Å²) in [5.74, 6) is -0.0250. The van der Waals surface area contributed by atoms with Gasteiger partial charge in [-0.1, -0.05) is 11.6 Å². The molecule has 0 atom stereocenters. The van der Waals surface area contributed by atoms with Crippen LogP contribution in [0.2, 0.25) is 5.02 Å². The molecule has 1 N–H and O–H groups in total. The second-order valence-corrected chi connectivity index (χ2v) is 8.99. The number of hydrogen-bond acceptors (Lipinski definition) is 5. The molecule has 3 aromatic carbocycles. The molecule has 0 spiro atoms. The van der Waals surface area contributed by atoms with Crippen LogP contribution in [0.4, 0.5) is 15.8 Å². The van der Waals surface area contributed by atoms with Gasteiger partial charge in [-0.2, -0.15) is 0 Å². The molecule has 160 valence electrons. The van der Waals surface area contributed by atoms with Crippen LogP contribution in [0.15, 0.2) is 65.6 Å². The summed E-state index contributed by atoms with van der Waals surface area (Å²) in [6.45, 7) is 0.0973. The number of hydrogen-bond donors (Lipinski definition) is 1. The number of carbonyl (C=O) groups excluding carboxylic acids is 1. The Kier molecular flexibility index (Phi) is 5.47. The third kappa shape index (κ3) is 4.14. The molecule has 1 aliphatic heterocycles. The number of benzene rings is 3. The van der Waals surface area contributed by atoms with Gasteiger partial charge in [0.1, 0.15) is 5.82 Å². The van der Waals surface area contributed by atoms with Crippen LogP contribution in [-0.2, 0) is 10.0 Å². The zero-order valence-electron chi connectivity index (χ0n) is 16.1. The molecule has 4 rings (SSSR count). The van der Waals surface area contributed by atoms with Crippen molar-refractivity contribution in [2.24, 2.45) is 0 Å². The molecule has 1 heterocycles. The van der Waals surface area contributed by atoms with Gasteiger partial charge in [0, 0.05) is 18.8 Å². The van der Waals surface area contributed by atoms with Gasteiger partial charge in [0.15, 0.2) is 11.5 Å². The van der Waals surface area contributed by atoms with E-state index in [1.165, 1.54) is 37.4 Å². The number of ether oxygens (including phenoxy) is 2. The molecule has 0 radical (unpaired) electrons. The Bertz CT molecular complexity index is 1270. The highest BCUT2D eigenvalue weighted by atomic mass is 35.5. The third-order valence-corrected chi connectivity index (χ3v) is 6.77. The number of halogens is 2. The highest BCUT2D eigenvalue weighted by Crippen LogP contribution is 2.34. The number of carbonyl (C=O) groups is 1. The van der Waals surface area contributed by atoms with Crippen LogP contribution in [-0.4, -0.2) is 28.2 Å². The smallest absolute Gasteiger partial charge is 0.264 e. The summed E-state index contributed by atoms with van der Waals surface area (Å²) in [4.78, 5) is 12.6.